The first-order valence-corrected chi connectivity index (χ1v) is 6.37. The Balaban J connectivity index is 3.10. The predicted molar refractivity (Wildman–Crippen MR) is 74.2 cm³/mol. The Bertz CT molecular complexity index is 520. The number of methoxy groups -OCH3 is 2. The molecule has 0 spiro atoms. The van der Waals surface area contributed by atoms with Gasteiger partial charge in [0.05, 0.1) is 38.0 Å². The van der Waals surface area contributed by atoms with E-state index in [2.05, 4.69) is 15.9 Å². The van der Waals surface area contributed by atoms with Crippen molar-refractivity contribution in [1.29, 1.82) is 5.26 Å². The molecule has 0 heterocycles. The molecule has 0 N–H and O–H groups in total. The van der Waals surface area contributed by atoms with Crippen LogP contribution in [0.25, 0.3) is 0 Å². The first kappa shape index (κ1) is 15.3. The molecule has 1 aromatic carbocycles. The Labute approximate surface area is 120 Å². The van der Waals surface area contributed by atoms with Gasteiger partial charge in [-0.25, -0.2) is 0 Å². The largest absolute Gasteiger partial charge is 0.503 e. The van der Waals surface area contributed by atoms with Crippen LogP contribution in [0.2, 0.25) is 0 Å². The number of hydrogen-bond donors (Lipinski definition) is 0. The standard InChI is InChI=1S/C14H14BrNO3/c1-18-9-10(8-16)7-12(14(17)19-2)11-5-3-4-6-13(11)15/h3-6,9,12H,7H2,1-2H3/b10-9+. The summed E-state index contributed by atoms with van der Waals surface area (Å²) in [5.41, 5.74) is 1.17. The maximum absolute atomic E-state index is 11.9. The minimum atomic E-state index is -0.540. The summed E-state index contributed by atoms with van der Waals surface area (Å²) in [6.07, 6.45) is 1.58. The van der Waals surface area contributed by atoms with Crippen molar-refractivity contribution in [2.75, 3.05) is 14.2 Å². The molecule has 19 heavy (non-hydrogen) atoms. The van der Waals surface area contributed by atoms with E-state index in [1.165, 1.54) is 20.5 Å². The molecule has 100 valence electrons. The summed E-state index contributed by atoms with van der Waals surface area (Å²) in [6, 6.07) is 9.38. The highest BCUT2D eigenvalue weighted by Crippen LogP contribution is 2.30. The lowest BCUT2D eigenvalue weighted by Crippen LogP contribution is -2.15. The van der Waals surface area contributed by atoms with E-state index in [1.54, 1.807) is 0 Å². The van der Waals surface area contributed by atoms with Crippen molar-refractivity contribution in [1.82, 2.24) is 0 Å². The maximum atomic E-state index is 11.9. The van der Waals surface area contributed by atoms with Gasteiger partial charge >= 0.3 is 5.97 Å². The fourth-order valence-electron chi connectivity index (χ4n) is 1.70. The zero-order valence-electron chi connectivity index (χ0n) is 10.7. The van der Waals surface area contributed by atoms with Gasteiger partial charge in [0, 0.05) is 10.9 Å². The molecule has 0 saturated heterocycles. The number of carbonyl (C=O) groups excluding carboxylic acids is 1. The van der Waals surface area contributed by atoms with Gasteiger partial charge in [-0.15, -0.1) is 0 Å². The average Bonchev–Trinajstić information content (AvgIpc) is 2.43. The number of nitriles is 1. The third-order valence-corrected chi connectivity index (χ3v) is 3.32. The normalized spacial score (nSPS) is 12.4. The predicted octanol–water partition coefficient (Wildman–Crippen LogP) is 3.15. The first-order chi connectivity index (χ1) is 9.13. The summed E-state index contributed by atoms with van der Waals surface area (Å²) in [4.78, 5) is 11.9. The topological polar surface area (TPSA) is 59.3 Å². The van der Waals surface area contributed by atoms with Crippen molar-refractivity contribution in [3.05, 3.63) is 46.1 Å². The van der Waals surface area contributed by atoms with Gasteiger partial charge in [0.1, 0.15) is 0 Å². The molecular weight excluding hydrogens is 310 g/mol. The Morgan fingerprint density at radius 1 is 1.47 bits per heavy atom. The van der Waals surface area contributed by atoms with Gasteiger partial charge < -0.3 is 9.47 Å². The van der Waals surface area contributed by atoms with Gasteiger partial charge in [-0.05, 0) is 11.6 Å². The lowest BCUT2D eigenvalue weighted by Gasteiger charge is -2.15. The molecule has 0 aliphatic heterocycles. The molecule has 0 radical (unpaired) electrons. The zero-order valence-corrected chi connectivity index (χ0v) is 12.3. The minimum Gasteiger partial charge on any atom is -0.503 e. The molecule has 0 aromatic heterocycles. The van der Waals surface area contributed by atoms with Gasteiger partial charge in [-0.2, -0.15) is 5.26 Å². The van der Waals surface area contributed by atoms with Gasteiger partial charge in [0.15, 0.2) is 0 Å². The summed E-state index contributed by atoms with van der Waals surface area (Å²) in [5, 5.41) is 9.01. The van der Waals surface area contributed by atoms with Crippen LogP contribution in [0.4, 0.5) is 0 Å². The Hall–Kier alpha value is -1.80. The monoisotopic (exact) mass is 323 g/mol. The van der Waals surface area contributed by atoms with E-state index in [0.29, 0.717) is 5.57 Å². The summed E-state index contributed by atoms with van der Waals surface area (Å²) in [6.45, 7) is 0. The lowest BCUT2D eigenvalue weighted by atomic mass is 9.92. The first-order valence-electron chi connectivity index (χ1n) is 5.58. The summed E-state index contributed by atoms with van der Waals surface area (Å²) >= 11 is 3.40. The number of hydrogen-bond acceptors (Lipinski definition) is 4. The van der Waals surface area contributed by atoms with Crippen LogP contribution in [0.5, 0.6) is 0 Å². The number of esters is 1. The highest BCUT2D eigenvalue weighted by molar-refractivity contribution is 9.10. The zero-order chi connectivity index (χ0) is 14.3. The fraction of sp³-hybridized carbons (Fsp3) is 0.286. The molecule has 0 saturated carbocycles. The SMILES string of the molecule is CO/C=C(/C#N)CC(C(=O)OC)c1ccccc1Br. The third kappa shape index (κ3) is 4.11. The smallest absolute Gasteiger partial charge is 0.313 e. The Morgan fingerprint density at radius 2 is 2.16 bits per heavy atom. The van der Waals surface area contributed by atoms with E-state index in [0.717, 1.165) is 10.0 Å². The number of rotatable bonds is 5. The number of allylic oxidation sites excluding steroid dienone is 1. The van der Waals surface area contributed by atoms with E-state index < -0.39 is 5.92 Å². The van der Waals surface area contributed by atoms with E-state index in [9.17, 15) is 4.79 Å². The average molecular weight is 324 g/mol. The quantitative estimate of drug-likeness (QED) is 0.474. The number of nitrogens with zero attached hydrogens (tertiary/aromatic N) is 1. The summed E-state index contributed by atoms with van der Waals surface area (Å²) in [5.74, 6) is -0.925. The molecule has 0 fully saturated rings. The summed E-state index contributed by atoms with van der Waals surface area (Å²) < 4.78 is 10.4. The molecule has 0 amide bonds. The highest BCUT2D eigenvalue weighted by Gasteiger charge is 2.24. The van der Waals surface area contributed by atoms with E-state index in [4.69, 9.17) is 14.7 Å². The number of benzene rings is 1. The molecule has 4 nitrogen and oxygen atoms in total. The molecule has 0 aliphatic rings. The second-order valence-corrected chi connectivity index (χ2v) is 4.65. The number of halogens is 1. The van der Waals surface area contributed by atoms with Crippen LogP contribution in [0.3, 0.4) is 0 Å². The van der Waals surface area contributed by atoms with Crippen molar-refractivity contribution in [2.24, 2.45) is 0 Å². The van der Waals surface area contributed by atoms with Crippen LogP contribution >= 0.6 is 15.9 Å². The second kappa shape index (κ2) is 7.59. The van der Waals surface area contributed by atoms with Crippen LogP contribution in [-0.2, 0) is 14.3 Å². The fourth-order valence-corrected chi connectivity index (χ4v) is 2.26. The van der Waals surface area contributed by atoms with Crippen molar-refractivity contribution < 1.29 is 14.3 Å². The van der Waals surface area contributed by atoms with Crippen molar-refractivity contribution in [3.8, 4) is 6.07 Å². The minimum absolute atomic E-state index is 0.236. The molecule has 5 heteroatoms. The number of ether oxygens (including phenoxy) is 2. The Kier molecular flexibility index (Phi) is 6.10. The maximum Gasteiger partial charge on any atom is 0.313 e. The second-order valence-electron chi connectivity index (χ2n) is 3.79. The molecule has 1 rings (SSSR count). The van der Waals surface area contributed by atoms with E-state index in [-0.39, 0.29) is 12.4 Å². The van der Waals surface area contributed by atoms with Gasteiger partial charge in [-0.1, -0.05) is 34.1 Å². The molecule has 1 unspecified atom stereocenters. The molecular formula is C14H14BrNO3. The van der Waals surface area contributed by atoms with Gasteiger partial charge in [0.2, 0.25) is 0 Å². The Morgan fingerprint density at radius 3 is 2.68 bits per heavy atom. The summed E-state index contributed by atoms with van der Waals surface area (Å²) in [7, 11) is 2.79. The molecule has 0 bridgehead atoms. The van der Waals surface area contributed by atoms with Crippen molar-refractivity contribution in [3.63, 3.8) is 0 Å². The number of carbonyl (C=O) groups is 1. The molecule has 0 aliphatic carbocycles. The van der Waals surface area contributed by atoms with Crippen LogP contribution in [0.1, 0.15) is 17.9 Å². The third-order valence-electron chi connectivity index (χ3n) is 2.59. The molecule has 1 aromatic rings. The van der Waals surface area contributed by atoms with Gasteiger partial charge in [-0.3, -0.25) is 4.79 Å². The van der Waals surface area contributed by atoms with Crippen molar-refractivity contribution in [2.45, 2.75) is 12.3 Å². The van der Waals surface area contributed by atoms with Crippen LogP contribution < -0.4 is 0 Å². The van der Waals surface area contributed by atoms with Crippen molar-refractivity contribution >= 4 is 21.9 Å². The van der Waals surface area contributed by atoms with Gasteiger partial charge in [0.25, 0.3) is 0 Å². The van der Waals surface area contributed by atoms with Crippen LogP contribution in [-0.4, -0.2) is 20.2 Å². The lowest BCUT2D eigenvalue weighted by molar-refractivity contribution is -0.142. The van der Waals surface area contributed by atoms with Crippen LogP contribution in [0.15, 0.2) is 40.6 Å². The highest BCUT2D eigenvalue weighted by atomic mass is 79.9. The van der Waals surface area contributed by atoms with E-state index >= 15 is 0 Å². The molecule has 1 atom stereocenters. The van der Waals surface area contributed by atoms with Crippen LogP contribution in [0, 0.1) is 11.3 Å². The van der Waals surface area contributed by atoms with E-state index in [1.807, 2.05) is 30.3 Å².